The lowest BCUT2D eigenvalue weighted by Gasteiger charge is -2.24. The highest BCUT2D eigenvalue weighted by Gasteiger charge is 2.26. The molecule has 0 aliphatic carbocycles. The first-order valence-corrected chi connectivity index (χ1v) is 7.08. The first-order valence-electron chi connectivity index (χ1n) is 7.08. The van der Waals surface area contributed by atoms with E-state index < -0.39 is 12.0 Å². The number of aromatic hydroxyl groups is 1. The van der Waals surface area contributed by atoms with Crippen molar-refractivity contribution in [3.8, 4) is 5.75 Å². The van der Waals surface area contributed by atoms with Crippen molar-refractivity contribution in [2.45, 2.75) is 25.3 Å². The van der Waals surface area contributed by atoms with Gasteiger partial charge in [-0.25, -0.2) is 4.79 Å². The van der Waals surface area contributed by atoms with Gasteiger partial charge < -0.3 is 20.8 Å². The van der Waals surface area contributed by atoms with Gasteiger partial charge in [-0.1, -0.05) is 12.1 Å². The molecule has 1 aliphatic heterocycles. The molecule has 1 saturated heterocycles. The number of phenols is 1. The van der Waals surface area contributed by atoms with Crippen LogP contribution in [-0.4, -0.2) is 41.2 Å². The predicted octanol–water partition coefficient (Wildman–Crippen LogP) is 0.504. The number of piperidine rings is 1. The molecule has 114 valence electrons. The van der Waals surface area contributed by atoms with Crippen molar-refractivity contribution >= 4 is 11.9 Å². The molecule has 6 heteroatoms. The van der Waals surface area contributed by atoms with E-state index in [1.807, 2.05) is 0 Å². The Morgan fingerprint density at radius 3 is 2.62 bits per heavy atom. The molecule has 1 aromatic carbocycles. The highest BCUT2D eigenvalue weighted by atomic mass is 16.4. The maximum absolute atomic E-state index is 12.1. The Hall–Kier alpha value is -2.08. The number of amides is 1. The van der Waals surface area contributed by atoms with Gasteiger partial charge in [0.2, 0.25) is 5.91 Å². The average molecular weight is 292 g/mol. The van der Waals surface area contributed by atoms with E-state index in [0.29, 0.717) is 6.54 Å². The van der Waals surface area contributed by atoms with E-state index in [9.17, 15) is 19.8 Å². The summed E-state index contributed by atoms with van der Waals surface area (Å²) < 4.78 is 0. The highest BCUT2D eigenvalue weighted by molar-refractivity contribution is 5.85. The van der Waals surface area contributed by atoms with Crippen LogP contribution in [0.3, 0.4) is 0 Å². The van der Waals surface area contributed by atoms with Gasteiger partial charge in [0, 0.05) is 13.0 Å². The van der Waals surface area contributed by atoms with Crippen LogP contribution in [-0.2, 0) is 16.0 Å². The van der Waals surface area contributed by atoms with Gasteiger partial charge in [-0.15, -0.1) is 0 Å². The van der Waals surface area contributed by atoms with Crippen LogP contribution in [0.1, 0.15) is 18.4 Å². The minimum Gasteiger partial charge on any atom is -0.508 e. The molecule has 0 radical (unpaired) electrons. The summed E-state index contributed by atoms with van der Waals surface area (Å²) in [6, 6.07) is 5.35. The van der Waals surface area contributed by atoms with Crippen LogP contribution in [0.5, 0.6) is 5.75 Å². The zero-order chi connectivity index (χ0) is 15.2. The molecule has 0 bridgehead atoms. The molecular weight excluding hydrogens is 272 g/mol. The standard InChI is InChI=1S/C15H20N2O4/c18-12-5-3-10(4-6-12)8-13(15(20)21)17-14(19)11-2-1-7-16-9-11/h3-6,11,13,16,18H,1-2,7-9H2,(H,17,19)(H,20,21)/t11-,13?/m0/s1. The lowest BCUT2D eigenvalue weighted by molar-refractivity contribution is -0.142. The van der Waals surface area contributed by atoms with Crippen molar-refractivity contribution in [2.24, 2.45) is 5.92 Å². The minimum atomic E-state index is -1.06. The van der Waals surface area contributed by atoms with E-state index in [4.69, 9.17) is 0 Å². The predicted molar refractivity (Wildman–Crippen MR) is 77.0 cm³/mol. The monoisotopic (exact) mass is 292 g/mol. The lowest BCUT2D eigenvalue weighted by atomic mass is 9.97. The number of phenolic OH excluding ortho intramolecular Hbond substituents is 1. The van der Waals surface area contributed by atoms with E-state index in [0.717, 1.165) is 24.9 Å². The minimum absolute atomic E-state index is 0.128. The summed E-state index contributed by atoms with van der Waals surface area (Å²) in [5.74, 6) is -1.31. The zero-order valence-electron chi connectivity index (χ0n) is 11.7. The SMILES string of the molecule is O=C(O)C(Cc1ccc(O)cc1)NC(=O)[C@H]1CCCNC1. The Morgan fingerprint density at radius 1 is 1.33 bits per heavy atom. The number of rotatable bonds is 5. The van der Waals surface area contributed by atoms with Crippen LogP contribution < -0.4 is 10.6 Å². The van der Waals surface area contributed by atoms with Crippen molar-refractivity contribution in [3.63, 3.8) is 0 Å². The molecule has 1 unspecified atom stereocenters. The second-order valence-corrected chi connectivity index (χ2v) is 5.31. The smallest absolute Gasteiger partial charge is 0.326 e. The van der Waals surface area contributed by atoms with E-state index in [2.05, 4.69) is 10.6 Å². The van der Waals surface area contributed by atoms with Crippen molar-refractivity contribution in [1.29, 1.82) is 0 Å². The van der Waals surface area contributed by atoms with Gasteiger partial charge in [-0.05, 0) is 37.1 Å². The van der Waals surface area contributed by atoms with Crippen molar-refractivity contribution in [3.05, 3.63) is 29.8 Å². The molecule has 0 aromatic heterocycles. The van der Waals surface area contributed by atoms with Crippen molar-refractivity contribution < 1.29 is 19.8 Å². The summed E-state index contributed by atoms with van der Waals surface area (Å²) in [7, 11) is 0. The summed E-state index contributed by atoms with van der Waals surface area (Å²) in [4.78, 5) is 23.4. The summed E-state index contributed by atoms with van der Waals surface area (Å²) in [6.07, 6.45) is 1.90. The number of carbonyl (C=O) groups is 2. The molecule has 0 spiro atoms. The summed E-state index contributed by atoms with van der Waals surface area (Å²) >= 11 is 0. The number of carboxylic acid groups (broad SMARTS) is 1. The quantitative estimate of drug-likeness (QED) is 0.633. The van der Waals surface area contributed by atoms with Crippen LogP contribution in [0.15, 0.2) is 24.3 Å². The summed E-state index contributed by atoms with van der Waals surface area (Å²) in [6.45, 7) is 1.50. The molecule has 0 saturated carbocycles. The fourth-order valence-corrected chi connectivity index (χ4v) is 2.43. The molecule has 2 atom stereocenters. The second kappa shape index (κ2) is 7.08. The molecular formula is C15H20N2O4. The molecule has 4 N–H and O–H groups in total. The van der Waals surface area contributed by atoms with Gasteiger partial charge in [-0.2, -0.15) is 0 Å². The number of hydrogen-bond donors (Lipinski definition) is 4. The van der Waals surface area contributed by atoms with Crippen LogP contribution in [0.4, 0.5) is 0 Å². The highest BCUT2D eigenvalue weighted by Crippen LogP contribution is 2.13. The molecule has 1 aromatic rings. The Morgan fingerprint density at radius 2 is 2.05 bits per heavy atom. The number of benzene rings is 1. The lowest BCUT2D eigenvalue weighted by Crippen LogP contribution is -2.48. The molecule has 6 nitrogen and oxygen atoms in total. The zero-order valence-corrected chi connectivity index (χ0v) is 11.7. The molecule has 1 aliphatic rings. The van der Waals surface area contributed by atoms with E-state index in [1.165, 1.54) is 12.1 Å². The van der Waals surface area contributed by atoms with Gasteiger partial charge in [0.25, 0.3) is 0 Å². The van der Waals surface area contributed by atoms with Crippen LogP contribution >= 0.6 is 0 Å². The normalized spacial score (nSPS) is 19.7. The van der Waals surface area contributed by atoms with Gasteiger partial charge in [0.1, 0.15) is 11.8 Å². The fourth-order valence-electron chi connectivity index (χ4n) is 2.43. The van der Waals surface area contributed by atoms with E-state index in [1.54, 1.807) is 12.1 Å². The van der Waals surface area contributed by atoms with Gasteiger partial charge in [0.15, 0.2) is 0 Å². The molecule has 2 rings (SSSR count). The summed E-state index contributed by atoms with van der Waals surface area (Å²) in [5.41, 5.74) is 0.752. The topological polar surface area (TPSA) is 98.7 Å². The fraction of sp³-hybridized carbons (Fsp3) is 0.467. The van der Waals surface area contributed by atoms with Gasteiger partial charge >= 0.3 is 5.97 Å². The first kappa shape index (κ1) is 15.3. The number of nitrogens with one attached hydrogen (secondary N) is 2. The number of carboxylic acids is 1. The molecule has 21 heavy (non-hydrogen) atoms. The largest absolute Gasteiger partial charge is 0.508 e. The van der Waals surface area contributed by atoms with Crippen molar-refractivity contribution in [2.75, 3.05) is 13.1 Å². The third-order valence-corrected chi connectivity index (χ3v) is 3.66. The Kier molecular flexibility index (Phi) is 5.16. The number of aliphatic carboxylic acids is 1. The van der Waals surface area contributed by atoms with Gasteiger partial charge in [-0.3, -0.25) is 4.79 Å². The molecule has 1 fully saturated rings. The summed E-state index contributed by atoms with van der Waals surface area (Å²) in [5, 5.41) is 24.2. The molecule has 1 heterocycles. The maximum atomic E-state index is 12.1. The van der Waals surface area contributed by atoms with Crippen LogP contribution in [0, 0.1) is 5.92 Å². The van der Waals surface area contributed by atoms with Crippen LogP contribution in [0.25, 0.3) is 0 Å². The Bertz CT molecular complexity index is 495. The number of carbonyl (C=O) groups excluding carboxylic acids is 1. The van der Waals surface area contributed by atoms with Gasteiger partial charge in [0.05, 0.1) is 5.92 Å². The number of hydrogen-bond acceptors (Lipinski definition) is 4. The van der Waals surface area contributed by atoms with E-state index >= 15 is 0 Å². The van der Waals surface area contributed by atoms with E-state index in [-0.39, 0.29) is 24.0 Å². The maximum Gasteiger partial charge on any atom is 0.326 e. The second-order valence-electron chi connectivity index (χ2n) is 5.31. The third-order valence-electron chi connectivity index (χ3n) is 3.66. The average Bonchev–Trinajstić information content (AvgIpc) is 2.49. The Balaban J connectivity index is 1.96. The van der Waals surface area contributed by atoms with Crippen molar-refractivity contribution in [1.82, 2.24) is 10.6 Å². The first-order chi connectivity index (χ1) is 10.1. The molecule has 1 amide bonds. The van der Waals surface area contributed by atoms with Crippen LogP contribution in [0.2, 0.25) is 0 Å². The third kappa shape index (κ3) is 4.46. The Labute approximate surface area is 123 Å².